The smallest absolute Gasteiger partial charge is 0.251 e. The summed E-state index contributed by atoms with van der Waals surface area (Å²) in [6, 6.07) is 13.7. The van der Waals surface area contributed by atoms with Gasteiger partial charge < -0.3 is 9.84 Å². The third kappa shape index (κ3) is 3.95. The fourth-order valence-electron chi connectivity index (χ4n) is 4.28. The first kappa shape index (κ1) is 20.8. The molecule has 2 aliphatic heterocycles. The Bertz CT molecular complexity index is 921. The summed E-state index contributed by atoms with van der Waals surface area (Å²) < 4.78 is 5.43. The molecule has 2 amide bonds. The number of amides is 2. The fourth-order valence-corrected chi connectivity index (χ4v) is 4.41. The molecule has 158 valence electrons. The van der Waals surface area contributed by atoms with Crippen molar-refractivity contribution in [1.82, 2.24) is 4.90 Å². The van der Waals surface area contributed by atoms with Crippen LogP contribution in [0, 0.1) is 0 Å². The Morgan fingerprint density at radius 1 is 1.07 bits per heavy atom. The molecule has 2 heterocycles. The van der Waals surface area contributed by atoms with Crippen LogP contribution < -0.4 is 9.64 Å². The third-order valence-corrected chi connectivity index (χ3v) is 6.23. The van der Waals surface area contributed by atoms with E-state index < -0.39 is 11.6 Å². The molecule has 2 fully saturated rings. The molecule has 7 heteroatoms. The van der Waals surface area contributed by atoms with Crippen LogP contribution in [0.15, 0.2) is 48.5 Å². The van der Waals surface area contributed by atoms with Crippen LogP contribution >= 0.6 is 11.6 Å². The fraction of sp³-hybridized carbons (Fsp3) is 0.391. The lowest BCUT2D eigenvalue weighted by Gasteiger charge is -2.40. The molecule has 0 unspecified atom stereocenters. The van der Waals surface area contributed by atoms with E-state index in [1.807, 2.05) is 24.0 Å². The zero-order chi connectivity index (χ0) is 21.3. The topological polar surface area (TPSA) is 70.1 Å². The van der Waals surface area contributed by atoms with Gasteiger partial charge in [0, 0.05) is 18.1 Å². The third-order valence-electron chi connectivity index (χ3n) is 5.98. The van der Waals surface area contributed by atoms with Gasteiger partial charge in [-0.1, -0.05) is 23.7 Å². The summed E-state index contributed by atoms with van der Waals surface area (Å²) in [4.78, 5) is 28.9. The Kier molecular flexibility index (Phi) is 5.82. The molecule has 2 aromatic carbocycles. The normalized spacial score (nSPS) is 21.8. The molecule has 1 N–H and O–H groups in total. The monoisotopic (exact) mass is 428 g/mol. The number of rotatable bonds is 5. The molecule has 6 nitrogen and oxygen atoms in total. The number of halogens is 1. The van der Waals surface area contributed by atoms with Gasteiger partial charge in [0.1, 0.15) is 5.75 Å². The van der Waals surface area contributed by atoms with Crippen LogP contribution in [0.2, 0.25) is 5.02 Å². The maximum absolute atomic E-state index is 13.1. The number of hydrogen-bond donors (Lipinski definition) is 1. The Labute approximate surface area is 181 Å². The Hall–Kier alpha value is -2.41. The largest absolute Gasteiger partial charge is 0.494 e. The van der Waals surface area contributed by atoms with Gasteiger partial charge in [0.2, 0.25) is 5.91 Å². The minimum atomic E-state index is -0.943. The second-order valence-corrected chi connectivity index (χ2v) is 8.23. The number of imide groups is 1. The molecule has 4 rings (SSSR count). The SMILES string of the molecule is CCOc1ccc(N2C(=O)C[C@H](N3CCC(O)(c4ccc(Cl)cc4)CC3)C2=O)cc1. The molecule has 1 atom stereocenters. The van der Waals surface area contributed by atoms with Gasteiger partial charge in [-0.3, -0.25) is 14.5 Å². The summed E-state index contributed by atoms with van der Waals surface area (Å²) in [6.07, 6.45) is 1.15. The van der Waals surface area contributed by atoms with Crippen LogP contribution in [0.4, 0.5) is 5.69 Å². The first-order chi connectivity index (χ1) is 14.4. The van der Waals surface area contributed by atoms with Crippen molar-refractivity contribution in [2.24, 2.45) is 0 Å². The van der Waals surface area contributed by atoms with E-state index in [4.69, 9.17) is 16.3 Å². The zero-order valence-corrected chi connectivity index (χ0v) is 17.6. The van der Waals surface area contributed by atoms with Gasteiger partial charge in [-0.15, -0.1) is 0 Å². The van der Waals surface area contributed by atoms with Crippen LogP contribution in [-0.2, 0) is 15.2 Å². The number of anilines is 1. The molecule has 0 spiro atoms. The Morgan fingerprint density at radius 3 is 2.30 bits per heavy atom. The number of likely N-dealkylation sites (tertiary alicyclic amines) is 1. The second-order valence-electron chi connectivity index (χ2n) is 7.79. The van der Waals surface area contributed by atoms with Crippen LogP contribution in [0.3, 0.4) is 0 Å². The van der Waals surface area contributed by atoms with E-state index in [0.717, 1.165) is 5.56 Å². The van der Waals surface area contributed by atoms with E-state index in [1.54, 1.807) is 36.4 Å². The summed E-state index contributed by atoms with van der Waals surface area (Å²) in [5.41, 5.74) is 0.448. The van der Waals surface area contributed by atoms with Crippen molar-refractivity contribution in [1.29, 1.82) is 0 Å². The number of benzene rings is 2. The van der Waals surface area contributed by atoms with Crippen molar-refractivity contribution < 1.29 is 19.4 Å². The number of piperidine rings is 1. The van der Waals surface area contributed by atoms with Crippen molar-refractivity contribution in [3.05, 3.63) is 59.1 Å². The van der Waals surface area contributed by atoms with Gasteiger partial charge in [-0.05, 0) is 61.7 Å². The van der Waals surface area contributed by atoms with E-state index in [1.165, 1.54) is 4.90 Å². The molecule has 0 aromatic heterocycles. The molecular formula is C23H25ClN2O4. The first-order valence-corrected chi connectivity index (χ1v) is 10.6. The summed E-state index contributed by atoms with van der Waals surface area (Å²) in [7, 11) is 0. The van der Waals surface area contributed by atoms with Crippen molar-refractivity contribution in [2.75, 3.05) is 24.6 Å². The summed E-state index contributed by atoms with van der Waals surface area (Å²) in [5, 5.41) is 11.7. The van der Waals surface area contributed by atoms with Crippen LogP contribution in [0.25, 0.3) is 0 Å². The lowest BCUT2D eigenvalue weighted by atomic mass is 9.84. The minimum Gasteiger partial charge on any atom is -0.494 e. The van der Waals surface area contributed by atoms with Crippen molar-refractivity contribution in [2.45, 2.75) is 37.8 Å². The highest BCUT2D eigenvalue weighted by Gasteiger charge is 2.45. The van der Waals surface area contributed by atoms with Gasteiger partial charge in [-0.2, -0.15) is 0 Å². The number of nitrogens with zero attached hydrogens (tertiary/aromatic N) is 2. The molecule has 0 radical (unpaired) electrons. The quantitative estimate of drug-likeness (QED) is 0.739. The van der Waals surface area contributed by atoms with Crippen LogP contribution in [0.5, 0.6) is 5.75 Å². The molecule has 0 bridgehead atoms. The molecule has 2 aromatic rings. The number of carbonyl (C=O) groups is 2. The van der Waals surface area contributed by atoms with E-state index in [2.05, 4.69) is 0 Å². The maximum atomic E-state index is 13.1. The van der Waals surface area contributed by atoms with Crippen molar-refractivity contribution >= 4 is 29.1 Å². The zero-order valence-electron chi connectivity index (χ0n) is 16.9. The van der Waals surface area contributed by atoms with Crippen LogP contribution in [-0.4, -0.2) is 47.6 Å². The Balaban J connectivity index is 1.44. The molecule has 2 saturated heterocycles. The highest BCUT2D eigenvalue weighted by molar-refractivity contribution is 6.30. The van der Waals surface area contributed by atoms with Gasteiger partial charge in [0.25, 0.3) is 5.91 Å². The lowest BCUT2D eigenvalue weighted by Crippen LogP contribution is -2.49. The van der Waals surface area contributed by atoms with Crippen LogP contribution in [0.1, 0.15) is 31.7 Å². The summed E-state index contributed by atoms with van der Waals surface area (Å²) in [6.45, 7) is 3.54. The average Bonchev–Trinajstić information content (AvgIpc) is 3.04. The summed E-state index contributed by atoms with van der Waals surface area (Å²) >= 11 is 5.95. The van der Waals surface area contributed by atoms with Crippen molar-refractivity contribution in [3.63, 3.8) is 0 Å². The van der Waals surface area contributed by atoms with Crippen molar-refractivity contribution in [3.8, 4) is 5.75 Å². The minimum absolute atomic E-state index is 0.158. The number of hydrogen-bond acceptors (Lipinski definition) is 5. The second kappa shape index (κ2) is 8.38. The van der Waals surface area contributed by atoms with E-state index >= 15 is 0 Å². The predicted octanol–water partition coefficient (Wildman–Crippen LogP) is 3.35. The van der Waals surface area contributed by atoms with Gasteiger partial charge in [0.15, 0.2) is 0 Å². The average molecular weight is 429 g/mol. The standard InChI is InChI=1S/C23H25ClN2O4/c1-2-30-19-9-7-18(8-10-19)26-21(27)15-20(22(26)28)25-13-11-23(29,12-14-25)16-3-5-17(24)6-4-16/h3-10,20,29H,2,11-15H2,1H3/t20-/m0/s1. The number of ether oxygens (including phenoxy) is 1. The van der Waals surface area contributed by atoms with E-state index in [-0.39, 0.29) is 18.2 Å². The Morgan fingerprint density at radius 2 is 1.70 bits per heavy atom. The summed E-state index contributed by atoms with van der Waals surface area (Å²) in [5.74, 6) is 0.295. The lowest BCUT2D eigenvalue weighted by molar-refractivity contribution is -0.124. The van der Waals surface area contributed by atoms with Gasteiger partial charge in [-0.25, -0.2) is 4.90 Å². The molecule has 0 aliphatic carbocycles. The maximum Gasteiger partial charge on any atom is 0.251 e. The van der Waals surface area contributed by atoms with Gasteiger partial charge >= 0.3 is 0 Å². The molecule has 2 aliphatic rings. The number of aliphatic hydroxyl groups is 1. The predicted molar refractivity (Wildman–Crippen MR) is 115 cm³/mol. The first-order valence-electron chi connectivity index (χ1n) is 10.2. The molecule has 0 saturated carbocycles. The highest BCUT2D eigenvalue weighted by atomic mass is 35.5. The molecule has 30 heavy (non-hydrogen) atoms. The number of carbonyl (C=O) groups excluding carboxylic acids is 2. The highest BCUT2D eigenvalue weighted by Crippen LogP contribution is 2.36. The van der Waals surface area contributed by atoms with Gasteiger partial charge in [0.05, 0.1) is 30.4 Å². The molecular weight excluding hydrogens is 404 g/mol. The van der Waals surface area contributed by atoms with E-state index in [9.17, 15) is 14.7 Å². The van der Waals surface area contributed by atoms with E-state index in [0.29, 0.717) is 49.0 Å².